The van der Waals surface area contributed by atoms with Gasteiger partial charge in [0.2, 0.25) is 24.1 Å². The maximum Gasteiger partial charge on any atom is 0.266 e. The monoisotopic (exact) mass is 479 g/mol. The van der Waals surface area contributed by atoms with E-state index in [9.17, 15) is 17.2 Å². The van der Waals surface area contributed by atoms with Crippen molar-refractivity contribution < 1.29 is 26.7 Å². The number of aryl methyl sites for hydroxylation is 1. The zero-order chi connectivity index (χ0) is 23.8. The lowest BCUT2D eigenvalue weighted by Crippen LogP contribution is -2.16. The van der Waals surface area contributed by atoms with Crippen molar-refractivity contribution in [2.45, 2.75) is 24.7 Å². The first-order valence-electron chi connectivity index (χ1n) is 9.52. The number of sulfonamides is 1. The van der Waals surface area contributed by atoms with Crippen LogP contribution < -0.4 is 14.2 Å². The number of aromatic nitrogens is 6. The lowest BCUT2D eigenvalue weighted by Gasteiger charge is -2.14. The summed E-state index contributed by atoms with van der Waals surface area (Å²) < 4.78 is 64.6. The van der Waals surface area contributed by atoms with Gasteiger partial charge in [-0.15, -0.1) is 4.80 Å². The topological polar surface area (TPSA) is 137 Å². The van der Waals surface area contributed by atoms with E-state index in [0.29, 0.717) is 16.6 Å². The maximum atomic E-state index is 13.2. The van der Waals surface area contributed by atoms with Crippen LogP contribution >= 0.6 is 0 Å². The number of anilines is 1. The number of nitrogens with zero attached hydrogens (tertiary/aromatic N) is 5. The number of halogens is 2. The SMILES string of the molecule is COc1nc(NS(=O)(=O)c2c[nH]c3c(-n4nccn4)c(C)ccc23)nc(OC)c1CC(F)F. The van der Waals surface area contributed by atoms with Crippen LogP contribution in [-0.4, -0.2) is 59.0 Å². The molecule has 174 valence electrons. The van der Waals surface area contributed by atoms with Crippen molar-refractivity contribution >= 4 is 26.9 Å². The number of methoxy groups -OCH3 is 2. The first kappa shape index (κ1) is 22.4. The predicted octanol–water partition coefficient (Wildman–Crippen LogP) is 2.47. The molecule has 0 unspecified atom stereocenters. The van der Waals surface area contributed by atoms with Crippen LogP contribution in [0.4, 0.5) is 14.7 Å². The predicted molar refractivity (Wildman–Crippen MR) is 114 cm³/mol. The van der Waals surface area contributed by atoms with E-state index in [0.717, 1.165) is 5.56 Å². The van der Waals surface area contributed by atoms with Gasteiger partial charge >= 0.3 is 0 Å². The summed E-state index contributed by atoms with van der Waals surface area (Å²) >= 11 is 0. The highest BCUT2D eigenvalue weighted by atomic mass is 32.2. The van der Waals surface area contributed by atoms with Gasteiger partial charge in [0.05, 0.1) is 37.7 Å². The Bertz CT molecular complexity index is 1380. The third-order valence-electron chi connectivity index (χ3n) is 4.80. The highest BCUT2D eigenvalue weighted by Gasteiger charge is 2.25. The molecule has 3 heterocycles. The molecule has 33 heavy (non-hydrogen) atoms. The maximum absolute atomic E-state index is 13.2. The summed E-state index contributed by atoms with van der Waals surface area (Å²) in [6.45, 7) is 1.85. The van der Waals surface area contributed by atoms with Crippen molar-refractivity contribution in [1.82, 2.24) is 29.9 Å². The fraction of sp³-hybridized carbons (Fsp3) is 0.263. The second kappa shape index (κ2) is 8.61. The number of rotatable bonds is 8. The van der Waals surface area contributed by atoms with E-state index in [4.69, 9.17) is 9.47 Å². The highest BCUT2D eigenvalue weighted by molar-refractivity contribution is 7.93. The quantitative estimate of drug-likeness (QED) is 0.393. The Morgan fingerprint density at radius 2 is 1.76 bits per heavy atom. The Morgan fingerprint density at radius 1 is 1.12 bits per heavy atom. The Balaban J connectivity index is 1.77. The van der Waals surface area contributed by atoms with E-state index < -0.39 is 28.8 Å². The van der Waals surface area contributed by atoms with E-state index in [-0.39, 0.29) is 22.2 Å². The fourth-order valence-corrected chi connectivity index (χ4v) is 4.52. The van der Waals surface area contributed by atoms with E-state index in [1.165, 1.54) is 37.6 Å². The molecule has 0 bridgehead atoms. The Hall–Kier alpha value is -3.81. The number of alkyl halides is 2. The zero-order valence-electron chi connectivity index (χ0n) is 17.7. The first-order valence-corrected chi connectivity index (χ1v) is 11.0. The van der Waals surface area contributed by atoms with Gasteiger partial charge in [-0.25, -0.2) is 21.9 Å². The van der Waals surface area contributed by atoms with Crippen LogP contribution in [0.15, 0.2) is 35.6 Å². The van der Waals surface area contributed by atoms with E-state index in [1.54, 1.807) is 12.1 Å². The van der Waals surface area contributed by atoms with Crippen LogP contribution in [0, 0.1) is 6.92 Å². The highest BCUT2D eigenvalue weighted by Crippen LogP contribution is 2.32. The van der Waals surface area contributed by atoms with E-state index in [1.807, 2.05) is 6.92 Å². The lowest BCUT2D eigenvalue weighted by molar-refractivity contribution is 0.146. The number of H-pyrrole nitrogens is 1. The van der Waals surface area contributed by atoms with Crippen LogP contribution in [-0.2, 0) is 16.4 Å². The molecule has 0 aliphatic carbocycles. The molecule has 0 aliphatic heterocycles. The number of fused-ring (bicyclic) bond motifs is 1. The fourth-order valence-electron chi connectivity index (χ4n) is 3.40. The second-order valence-corrected chi connectivity index (χ2v) is 8.52. The zero-order valence-corrected chi connectivity index (χ0v) is 18.5. The molecule has 0 spiro atoms. The number of aromatic amines is 1. The van der Waals surface area contributed by atoms with Gasteiger partial charge < -0.3 is 14.5 Å². The van der Waals surface area contributed by atoms with Gasteiger partial charge in [-0.1, -0.05) is 12.1 Å². The summed E-state index contributed by atoms with van der Waals surface area (Å²) in [7, 11) is -1.75. The summed E-state index contributed by atoms with van der Waals surface area (Å²) in [6.07, 6.45) is 0.920. The van der Waals surface area contributed by atoms with Crippen LogP contribution in [0.1, 0.15) is 11.1 Å². The normalized spacial score (nSPS) is 11.8. The van der Waals surface area contributed by atoms with Gasteiger partial charge in [-0.05, 0) is 12.5 Å². The Labute approximate surface area is 186 Å². The summed E-state index contributed by atoms with van der Waals surface area (Å²) in [5, 5.41) is 8.63. The van der Waals surface area contributed by atoms with Crippen molar-refractivity contribution in [3.8, 4) is 17.4 Å². The van der Waals surface area contributed by atoms with Gasteiger partial charge in [-0.2, -0.15) is 20.2 Å². The molecule has 4 rings (SSSR count). The average molecular weight is 479 g/mol. The molecule has 0 aliphatic rings. The minimum atomic E-state index is -4.20. The first-order chi connectivity index (χ1) is 15.7. The minimum Gasteiger partial charge on any atom is -0.481 e. The number of nitrogens with one attached hydrogen (secondary N) is 2. The second-order valence-electron chi connectivity index (χ2n) is 6.87. The van der Waals surface area contributed by atoms with Crippen molar-refractivity contribution in [1.29, 1.82) is 0 Å². The Kier molecular flexibility index (Phi) is 5.84. The standard InChI is InChI=1S/C19H19F2N7O4S/c1-10-4-5-11-13(9-22-15(11)16(10)28-23-6-7-24-28)33(29,30)27-19-25-17(31-2)12(8-14(20)21)18(26-19)32-3/h4-7,9,14,22H,8H2,1-3H3,(H,25,26,27). The molecule has 1 aromatic carbocycles. The third kappa shape index (κ3) is 4.16. The third-order valence-corrected chi connectivity index (χ3v) is 6.17. The number of ether oxygens (including phenoxy) is 2. The van der Waals surface area contributed by atoms with Crippen LogP contribution in [0.5, 0.6) is 11.8 Å². The molecule has 0 fully saturated rings. The number of hydrogen-bond acceptors (Lipinski definition) is 8. The van der Waals surface area contributed by atoms with Crippen LogP contribution in [0.2, 0.25) is 0 Å². The molecule has 2 N–H and O–H groups in total. The summed E-state index contributed by atoms with van der Waals surface area (Å²) in [5.74, 6) is -0.833. The molecule has 0 saturated heterocycles. The van der Waals surface area contributed by atoms with Gasteiger partial charge in [0, 0.05) is 18.0 Å². The largest absolute Gasteiger partial charge is 0.481 e. The van der Waals surface area contributed by atoms with Gasteiger partial charge in [0.15, 0.2) is 0 Å². The minimum absolute atomic E-state index is 0.0723. The van der Waals surface area contributed by atoms with Gasteiger partial charge in [-0.3, -0.25) is 0 Å². The van der Waals surface area contributed by atoms with E-state index in [2.05, 4.69) is 29.9 Å². The molecule has 3 aromatic heterocycles. The van der Waals surface area contributed by atoms with E-state index >= 15 is 0 Å². The summed E-state index contributed by atoms with van der Waals surface area (Å²) in [5.41, 5.74) is 1.85. The Morgan fingerprint density at radius 3 is 2.33 bits per heavy atom. The molecule has 0 saturated carbocycles. The summed E-state index contributed by atoms with van der Waals surface area (Å²) in [6, 6.07) is 3.39. The molecular formula is C19H19F2N7O4S. The summed E-state index contributed by atoms with van der Waals surface area (Å²) in [4.78, 5) is 12.1. The van der Waals surface area contributed by atoms with Crippen molar-refractivity contribution in [3.05, 3.63) is 41.9 Å². The molecule has 0 atom stereocenters. The van der Waals surface area contributed by atoms with Crippen molar-refractivity contribution in [2.75, 3.05) is 18.9 Å². The molecule has 11 nitrogen and oxygen atoms in total. The van der Waals surface area contributed by atoms with Crippen LogP contribution in [0.25, 0.3) is 16.6 Å². The molecule has 0 radical (unpaired) electrons. The number of benzene rings is 1. The van der Waals surface area contributed by atoms with Crippen LogP contribution in [0.3, 0.4) is 0 Å². The molecule has 14 heteroatoms. The number of hydrogen-bond donors (Lipinski definition) is 2. The van der Waals surface area contributed by atoms with Crippen molar-refractivity contribution in [2.24, 2.45) is 0 Å². The smallest absolute Gasteiger partial charge is 0.266 e. The van der Waals surface area contributed by atoms with Gasteiger partial charge in [0.25, 0.3) is 10.0 Å². The lowest BCUT2D eigenvalue weighted by atomic mass is 10.1. The molecule has 4 aromatic rings. The van der Waals surface area contributed by atoms with Crippen molar-refractivity contribution in [3.63, 3.8) is 0 Å². The average Bonchev–Trinajstić information content (AvgIpc) is 3.44. The molecule has 0 amide bonds. The van der Waals surface area contributed by atoms with Gasteiger partial charge in [0.1, 0.15) is 10.6 Å². The molecular weight excluding hydrogens is 460 g/mol.